The minimum Gasteiger partial charge on any atom is -0.342 e. The highest BCUT2D eigenvalue weighted by Gasteiger charge is 2.27. The zero-order valence-electron chi connectivity index (χ0n) is 7.80. The normalized spacial score (nSPS) is 12.2. The van der Waals surface area contributed by atoms with Crippen LogP contribution in [0.4, 0.5) is 13.2 Å². The summed E-state index contributed by atoms with van der Waals surface area (Å²) in [5.41, 5.74) is 1.48. The molecular weight excluding hydrogens is 205 g/mol. The smallest absolute Gasteiger partial charge is 0.342 e. The van der Waals surface area contributed by atoms with Crippen LogP contribution in [-0.4, -0.2) is 16.1 Å². The van der Waals surface area contributed by atoms with E-state index < -0.39 is 12.6 Å². The maximum Gasteiger partial charge on any atom is 0.389 e. The predicted octanol–water partition coefficient (Wildman–Crippen LogP) is 3.06. The van der Waals surface area contributed by atoms with Gasteiger partial charge in [-0.25, -0.2) is 4.98 Å². The third kappa shape index (κ3) is 2.49. The first-order valence-electron chi connectivity index (χ1n) is 4.55. The number of aryl methyl sites for hydroxylation is 1. The number of nitrogens with zero attached hydrogens (tertiary/aromatic N) is 1. The molecule has 80 valence electrons. The van der Waals surface area contributed by atoms with Crippen LogP contribution in [-0.2, 0) is 6.42 Å². The Morgan fingerprint density at radius 2 is 1.93 bits per heavy atom. The third-order valence-electron chi connectivity index (χ3n) is 2.08. The number of hydrogen-bond donors (Lipinski definition) is 1. The van der Waals surface area contributed by atoms with Gasteiger partial charge in [-0.15, -0.1) is 0 Å². The number of rotatable bonds is 2. The van der Waals surface area contributed by atoms with Crippen LogP contribution in [0.15, 0.2) is 24.3 Å². The van der Waals surface area contributed by atoms with Crippen LogP contribution in [0.3, 0.4) is 0 Å². The van der Waals surface area contributed by atoms with Crippen LogP contribution in [0.1, 0.15) is 12.2 Å². The van der Waals surface area contributed by atoms with Gasteiger partial charge in [0.25, 0.3) is 0 Å². The van der Waals surface area contributed by atoms with Crippen LogP contribution >= 0.6 is 0 Å². The van der Waals surface area contributed by atoms with Crippen molar-refractivity contribution in [2.45, 2.75) is 19.0 Å². The molecule has 0 aliphatic rings. The van der Waals surface area contributed by atoms with Gasteiger partial charge in [-0.05, 0) is 12.1 Å². The summed E-state index contributed by atoms with van der Waals surface area (Å²) in [5.74, 6) is 0.383. The largest absolute Gasteiger partial charge is 0.389 e. The summed E-state index contributed by atoms with van der Waals surface area (Å²) in [6.45, 7) is 0. The predicted molar refractivity (Wildman–Crippen MR) is 50.5 cm³/mol. The monoisotopic (exact) mass is 214 g/mol. The van der Waals surface area contributed by atoms with Crippen molar-refractivity contribution in [2.24, 2.45) is 0 Å². The van der Waals surface area contributed by atoms with Crippen molar-refractivity contribution in [3.8, 4) is 0 Å². The number of nitrogens with one attached hydrogen (secondary N) is 1. The van der Waals surface area contributed by atoms with Crippen molar-refractivity contribution in [1.29, 1.82) is 0 Å². The molecule has 0 fully saturated rings. The molecule has 0 aliphatic heterocycles. The molecule has 2 rings (SSSR count). The molecular formula is C10H9F3N2. The molecule has 0 amide bonds. The third-order valence-corrected chi connectivity index (χ3v) is 2.08. The number of aromatic amines is 1. The van der Waals surface area contributed by atoms with Gasteiger partial charge in [0.15, 0.2) is 0 Å². The Morgan fingerprint density at radius 1 is 1.20 bits per heavy atom. The van der Waals surface area contributed by atoms with Gasteiger partial charge < -0.3 is 4.98 Å². The Bertz CT molecular complexity index is 426. The number of imidazole rings is 1. The van der Waals surface area contributed by atoms with Crippen molar-refractivity contribution in [3.05, 3.63) is 30.1 Å². The molecule has 1 heterocycles. The molecule has 0 saturated heterocycles. The maximum atomic E-state index is 12.0. The SMILES string of the molecule is FC(F)(F)CCc1nc2ccccc2[nH]1. The van der Waals surface area contributed by atoms with E-state index in [1.54, 1.807) is 18.2 Å². The minimum absolute atomic E-state index is 0.0990. The van der Waals surface area contributed by atoms with E-state index in [1.165, 1.54) is 0 Å². The van der Waals surface area contributed by atoms with E-state index in [0.29, 0.717) is 11.3 Å². The molecule has 0 atom stereocenters. The Labute approximate surface area is 84.1 Å². The Kier molecular flexibility index (Phi) is 2.38. The van der Waals surface area contributed by atoms with Gasteiger partial charge in [0.2, 0.25) is 0 Å². The van der Waals surface area contributed by atoms with Crippen molar-refractivity contribution in [3.63, 3.8) is 0 Å². The molecule has 1 N–H and O–H groups in total. The summed E-state index contributed by atoms with van der Waals surface area (Å²) in [6.07, 6.45) is -5.07. The number of fused-ring (bicyclic) bond motifs is 1. The molecule has 0 saturated carbocycles. The van der Waals surface area contributed by atoms with Gasteiger partial charge in [-0.2, -0.15) is 13.2 Å². The van der Waals surface area contributed by atoms with E-state index in [-0.39, 0.29) is 6.42 Å². The van der Waals surface area contributed by atoms with E-state index in [1.807, 2.05) is 6.07 Å². The van der Waals surface area contributed by atoms with Gasteiger partial charge >= 0.3 is 6.18 Å². The minimum atomic E-state index is -4.13. The molecule has 0 bridgehead atoms. The van der Waals surface area contributed by atoms with Gasteiger partial charge in [0.1, 0.15) is 5.82 Å². The average molecular weight is 214 g/mol. The number of H-pyrrole nitrogens is 1. The highest BCUT2D eigenvalue weighted by atomic mass is 19.4. The summed E-state index contributed by atoms with van der Waals surface area (Å²) in [7, 11) is 0. The van der Waals surface area contributed by atoms with E-state index in [0.717, 1.165) is 5.52 Å². The van der Waals surface area contributed by atoms with E-state index in [9.17, 15) is 13.2 Å². The Hall–Kier alpha value is -1.52. The fourth-order valence-electron chi connectivity index (χ4n) is 1.38. The first-order chi connectivity index (χ1) is 7.04. The lowest BCUT2D eigenvalue weighted by atomic mass is 10.3. The molecule has 0 spiro atoms. The fourth-order valence-corrected chi connectivity index (χ4v) is 1.38. The molecule has 2 aromatic rings. The highest BCUT2D eigenvalue weighted by molar-refractivity contribution is 5.74. The van der Waals surface area contributed by atoms with Crippen LogP contribution in [0, 0.1) is 0 Å². The lowest BCUT2D eigenvalue weighted by Crippen LogP contribution is -2.09. The molecule has 5 heteroatoms. The number of para-hydroxylation sites is 2. The lowest BCUT2D eigenvalue weighted by molar-refractivity contribution is -0.134. The van der Waals surface area contributed by atoms with Gasteiger partial charge in [0, 0.05) is 6.42 Å². The van der Waals surface area contributed by atoms with Crippen molar-refractivity contribution >= 4 is 11.0 Å². The molecule has 0 aliphatic carbocycles. The van der Waals surface area contributed by atoms with Gasteiger partial charge in [0.05, 0.1) is 17.5 Å². The molecule has 15 heavy (non-hydrogen) atoms. The van der Waals surface area contributed by atoms with E-state index in [4.69, 9.17) is 0 Å². The summed E-state index contributed by atoms with van der Waals surface area (Å²) in [6, 6.07) is 7.17. The average Bonchev–Trinajstić information content (AvgIpc) is 2.56. The molecule has 1 aromatic carbocycles. The summed E-state index contributed by atoms with van der Waals surface area (Å²) in [4.78, 5) is 6.92. The Morgan fingerprint density at radius 3 is 2.60 bits per heavy atom. The molecule has 0 radical (unpaired) electrons. The van der Waals surface area contributed by atoms with Crippen LogP contribution in [0.25, 0.3) is 11.0 Å². The zero-order chi connectivity index (χ0) is 10.9. The summed E-state index contributed by atoms with van der Waals surface area (Å²) in [5, 5.41) is 0. The number of benzene rings is 1. The number of alkyl halides is 3. The standard InChI is InChI=1S/C10H9F3N2/c11-10(12,13)6-5-9-14-7-3-1-2-4-8(7)15-9/h1-4H,5-6H2,(H,14,15). The second-order valence-electron chi connectivity index (χ2n) is 3.32. The summed E-state index contributed by atoms with van der Waals surface area (Å²) >= 11 is 0. The second-order valence-corrected chi connectivity index (χ2v) is 3.32. The highest BCUT2D eigenvalue weighted by Crippen LogP contribution is 2.22. The first-order valence-corrected chi connectivity index (χ1v) is 4.55. The first kappa shape index (κ1) is 10.0. The van der Waals surface area contributed by atoms with Gasteiger partial charge in [-0.1, -0.05) is 12.1 Å². The number of halogens is 3. The number of hydrogen-bond acceptors (Lipinski definition) is 1. The van der Waals surface area contributed by atoms with Crippen LogP contribution in [0.5, 0.6) is 0 Å². The van der Waals surface area contributed by atoms with Crippen molar-refractivity contribution in [2.75, 3.05) is 0 Å². The second kappa shape index (κ2) is 3.56. The summed E-state index contributed by atoms with van der Waals surface area (Å²) < 4.78 is 35.9. The maximum absolute atomic E-state index is 12.0. The zero-order valence-corrected chi connectivity index (χ0v) is 7.80. The van der Waals surface area contributed by atoms with Crippen molar-refractivity contribution in [1.82, 2.24) is 9.97 Å². The van der Waals surface area contributed by atoms with Crippen LogP contribution in [0.2, 0.25) is 0 Å². The fraction of sp³-hybridized carbons (Fsp3) is 0.300. The topological polar surface area (TPSA) is 28.7 Å². The quantitative estimate of drug-likeness (QED) is 0.817. The molecule has 1 aromatic heterocycles. The lowest BCUT2D eigenvalue weighted by Gasteiger charge is -2.02. The van der Waals surface area contributed by atoms with Gasteiger partial charge in [-0.3, -0.25) is 0 Å². The Balaban J connectivity index is 2.16. The van der Waals surface area contributed by atoms with E-state index >= 15 is 0 Å². The molecule has 2 nitrogen and oxygen atoms in total. The molecule has 0 unspecified atom stereocenters. The van der Waals surface area contributed by atoms with Crippen LogP contribution < -0.4 is 0 Å². The van der Waals surface area contributed by atoms with E-state index in [2.05, 4.69) is 9.97 Å². The van der Waals surface area contributed by atoms with Crippen molar-refractivity contribution < 1.29 is 13.2 Å². The number of aromatic nitrogens is 2.